The van der Waals surface area contributed by atoms with Gasteiger partial charge in [-0.05, 0) is 24.3 Å². The maximum Gasteiger partial charge on any atom is 0.307 e. The van der Waals surface area contributed by atoms with Gasteiger partial charge in [-0.1, -0.05) is 32.4 Å². The molecule has 0 radical (unpaired) electrons. The van der Waals surface area contributed by atoms with Gasteiger partial charge in [0.25, 0.3) is 11.5 Å². The van der Waals surface area contributed by atoms with Crippen LogP contribution in [0.4, 0.5) is 5.82 Å². The van der Waals surface area contributed by atoms with Gasteiger partial charge in [0, 0.05) is 29.1 Å². The standard InChI is InChI=1S/C22H25ClN4O4S/c1-22(2,3)21(30)27-18(24-13-14-7-8-17(23)32-14)12-16(25-27)15-6-5-10-26(20(15)29)11-9-19(28)31-4/h5-8,10,12,24H,9,11,13H2,1-4H3. The summed E-state index contributed by atoms with van der Waals surface area (Å²) in [4.78, 5) is 38.4. The highest BCUT2D eigenvalue weighted by Crippen LogP contribution is 2.26. The molecule has 3 rings (SSSR count). The molecule has 0 bridgehead atoms. The molecule has 0 spiro atoms. The first-order valence-corrected chi connectivity index (χ1v) is 11.2. The van der Waals surface area contributed by atoms with Crippen molar-refractivity contribution in [1.82, 2.24) is 14.3 Å². The lowest BCUT2D eigenvalue weighted by atomic mass is 9.96. The number of ether oxygens (including phenoxy) is 1. The van der Waals surface area contributed by atoms with Gasteiger partial charge in [-0.15, -0.1) is 11.3 Å². The Bertz CT molecular complexity index is 1190. The van der Waals surface area contributed by atoms with E-state index in [0.29, 0.717) is 28.0 Å². The molecule has 3 aromatic heterocycles. The summed E-state index contributed by atoms with van der Waals surface area (Å²) < 4.78 is 8.05. The minimum Gasteiger partial charge on any atom is -0.469 e. The van der Waals surface area contributed by atoms with Crippen LogP contribution in [0.15, 0.2) is 41.3 Å². The van der Waals surface area contributed by atoms with Crippen molar-refractivity contribution < 1.29 is 14.3 Å². The zero-order chi connectivity index (χ0) is 23.5. The van der Waals surface area contributed by atoms with Crippen molar-refractivity contribution in [1.29, 1.82) is 0 Å². The summed E-state index contributed by atoms with van der Waals surface area (Å²) in [6.07, 6.45) is 1.68. The van der Waals surface area contributed by atoms with Crippen molar-refractivity contribution in [3.63, 3.8) is 0 Å². The Morgan fingerprint density at radius 3 is 2.62 bits per heavy atom. The molecule has 0 aliphatic heterocycles. The highest BCUT2D eigenvalue weighted by atomic mass is 35.5. The smallest absolute Gasteiger partial charge is 0.307 e. The SMILES string of the molecule is COC(=O)CCn1cccc(-c2cc(NCc3ccc(Cl)s3)n(C(=O)C(C)(C)C)n2)c1=O. The van der Waals surface area contributed by atoms with Crippen LogP contribution in [-0.2, 0) is 22.6 Å². The number of halogens is 1. The number of nitrogens with zero attached hydrogens (tertiary/aromatic N) is 3. The molecule has 0 fully saturated rings. The molecule has 0 aromatic carbocycles. The number of aryl methyl sites for hydroxylation is 1. The second-order valence-corrected chi connectivity index (χ2v) is 9.99. The maximum absolute atomic E-state index is 13.0. The summed E-state index contributed by atoms with van der Waals surface area (Å²) in [5.41, 5.74) is -0.281. The van der Waals surface area contributed by atoms with Crippen molar-refractivity contribution in [2.45, 2.75) is 40.3 Å². The van der Waals surface area contributed by atoms with Crippen molar-refractivity contribution in [3.8, 4) is 11.3 Å². The first-order chi connectivity index (χ1) is 15.1. The van der Waals surface area contributed by atoms with Gasteiger partial charge in [0.05, 0.1) is 30.0 Å². The lowest BCUT2D eigenvalue weighted by molar-refractivity contribution is -0.140. The summed E-state index contributed by atoms with van der Waals surface area (Å²) in [5, 5.41) is 7.68. The quantitative estimate of drug-likeness (QED) is 0.511. The largest absolute Gasteiger partial charge is 0.469 e. The monoisotopic (exact) mass is 476 g/mol. The summed E-state index contributed by atoms with van der Waals surface area (Å²) in [5.74, 6) is -0.131. The fourth-order valence-electron chi connectivity index (χ4n) is 2.96. The van der Waals surface area contributed by atoms with Crippen LogP contribution in [0.2, 0.25) is 4.34 Å². The van der Waals surface area contributed by atoms with Crippen LogP contribution in [0.5, 0.6) is 0 Å². The topological polar surface area (TPSA) is 95.2 Å². The fraction of sp³-hybridized carbons (Fsp3) is 0.364. The minimum atomic E-state index is -0.677. The van der Waals surface area contributed by atoms with Crippen LogP contribution in [0, 0.1) is 5.41 Å². The van der Waals surface area contributed by atoms with Crippen molar-refractivity contribution in [2.75, 3.05) is 12.4 Å². The number of nitrogens with one attached hydrogen (secondary N) is 1. The third kappa shape index (κ3) is 5.46. The third-order valence-electron chi connectivity index (χ3n) is 4.70. The maximum atomic E-state index is 13.0. The average molecular weight is 477 g/mol. The molecular formula is C22H25ClN4O4S. The highest BCUT2D eigenvalue weighted by molar-refractivity contribution is 7.16. The van der Waals surface area contributed by atoms with E-state index >= 15 is 0 Å². The number of carbonyl (C=O) groups is 2. The predicted octanol–water partition coefficient (Wildman–Crippen LogP) is 4.29. The van der Waals surface area contributed by atoms with E-state index in [2.05, 4.69) is 15.2 Å². The second kappa shape index (κ2) is 9.70. The molecule has 0 aliphatic carbocycles. The van der Waals surface area contributed by atoms with E-state index in [4.69, 9.17) is 11.6 Å². The molecule has 1 N–H and O–H groups in total. The molecule has 8 nitrogen and oxygen atoms in total. The van der Waals surface area contributed by atoms with Crippen LogP contribution in [0.1, 0.15) is 36.9 Å². The number of aromatic nitrogens is 3. The van der Waals surface area contributed by atoms with Crippen molar-refractivity contribution in [3.05, 3.63) is 56.1 Å². The molecule has 0 atom stereocenters. The number of hydrogen-bond acceptors (Lipinski definition) is 7. The van der Waals surface area contributed by atoms with Crippen LogP contribution in [0.25, 0.3) is 11.3 Å². The van der Waals surface area contributed by atoms with Crippen LogP contribution in [0.3, 0.4) is 0 Å². The Balaban J connectivity index is 1.96. The summed E-state index contributed by atoms with van der Waals surface area (Å²) in [6.45, 7) is 6.06. The normalized spacial score (nSPS) is 11.4. The number of esters is 1. The Morgan fingerprint density at radius 2 is 2.00 bits per heavy atom. The molecule has 0 amide bonds. The van der Waals surface area contributed by atoms with E-state index in [1.165, 1.54) is 27.7 Å². The minimum absolute atomic E-state index is 0.0764. The van der Waals surface area contributed by atoms with E-state index in [1.54, 1.807) is 24.4 Å². The Labute approximate surface area is 194 Å². The van der Waals surface area contributed by atoms with Crippen LogP contribution >= 0.6 is 22.9 Å². The van der Waals surface area contributed by atoms with Gasteiger partial charge in [0.15, 0.2) is 0 Å². The van der Waals surface area contributed by atoms with Gasteiger partial charge in [-0.2, -0.15) is 9.78 Å². The van der Waals surface area contributed by atoms with Crippen LogP contribution in [-0.4, -0.2) is 33.3 Å². The Hall–Kier alpha value is -2.91. The van der Waals surface area contributed by atoms with Gasteiger partial charge >= 0.3 is 5.97 Å². The van der Waals surface area contributed by atoms with Crippen molar-refractivity contribution in [2.24, 2.45) is 5.41 Å². The van der Waals surface area contributed by atoms with E-state index in [0.717, 1.165) is 4.88 Å². The van der Waals surface area contributed by atoms with Gasteiger partial charge in [-0.25, -0.2) is 0 Å². The number of carbonyl (C=O) groups excluding carboxylic acids is 2. The molecule has 0 unspecified atom stereocenters. The van der Waals surface area contributed by atoms with Gasteiger partial charge < -0.3 is 14.6 Å². The van der Waals surface area contributed by atoms with E-state index in [9.17, 15) is 14.4 Å². The summed E-state index contributed by atoms with van der Waals surface area (Å²) in [6, 6.07) is 8.75. The summed E-state index contributed by atoms with van der Waals surface area (Å²) >= 11 is 7.45. The molecule has 0 saturated carbocycles. The fourth-order valence-corrected chi connectivity index (χ4v) is 3.98. The Kier molecular flexibility index (Phi) is 7.20. The second-order valence-electron chi connectivity index (χ2n) is 8.19. The van der Waals surface area contributed by atoms with Gasteiger partial charge in [0.2, 0.25) is 0 Å². The molecule has 0 aliphatic rings. The Morgan fingerprint density at radius 1 is 1.25 bits per heavy atom. The summed E-state index contributed by atoms with van der Waals surface area (Å²) in [7, 11) is 1.30. The number of pyridine rings is 1. The van der Waals surface area contributed by atoms with Crippen molar-refractivity contribution >= 4 is 40.6 Å². The average Bonchev–Trinajstić information content (AvgIpc) is 3.35. The molecule has 3 aromatic rings. The first-order valence-electron chi connectivity index (χ1n) is 9.99. The number of rotatable bonds is 7. The molecule has 32 heavy (non-hydrogen) atoms. The molecular weight excluding hydrogens is 452 g/mol. The lowest BCUT2D eigenvalue weighted by Crippen LogP contribution is -2.29. The van der Waals surface area contributed by atoms with Gasteiger partial charge in [-0.3, -0.25) is 14.4 Å². The molecule has 10 heteroatoms. The van der Waals surface area contributed by atoms with Gasteiger partial charge in [0.1, 0.15) is 11.5 Å². The predicted molar refractivity (Wildman–Crippen MR) is 125 cm³/mol. The zero-order valence-corrected chi connectivity index (χ0v) is 19.9. The molecule has 3 heterocycles. The zero-order valence-electron chi connectivity index (χ0n) is 18.3. The van der Waals surface area contributed by atoms with Crippen LogP contribution < -0.4 is 10.9 Å². The lowest BCUT2D eigenvalue weighted by Gasteiger charge is -2.18. The van der Waals surface area contributed by atoms with E-state index in [1.807, 2.05) is 32.9 Å². The third-order valence-corrected chi connectivity index (χ3v) is 5.93. The highest BCUT2D eigenvalue weighted by Gasteiger charge is 2.27. The number of hydrogen-bond donors (Lipinski definition) is 1. The van der Waals surface area contributed by atoms with E-state index in [-0.39, 0.29) is 24.4 Å². The number of anilines is 1. The number of thiophene rings is 1. The molecule has 0 saturated heterocycles. The molecule has 170 valence electrons. The van der Waals surface area contributed by atoms with E-state index < -0.39 is 11.4 Å². The first kappa shape index (κ1) is 23.7. The number of methoxy groups -OCH3 is 1.